The van der Waals surface area contributed by atoms with Gasteiger partial charge in [-0.1, -0.05) is 6.92 Å². The largest absolute Gasteiger partial charge is 0.490 e. The molecular weight excluding hydrogens is 780 g/mol. The van der Waals surface area contributed by atoms with Crippen molar-refractivity contribution in [2.24, 2.45) is 39.8 Å². The van der Waals surface area contributed by atoms with Crippen molar-refractivity contribution in [3.8, 4) is 5.75 Å². The molecule has 0 bridgehead atoms. The molecule has 19 heteroatoms. The van der Waals surface area contributed by atoms with Gasteiger partial charge in [0.1, 0.15) is 30.5 Å². The highest BCUT2D eigenvalue weighted by Crippen LogP contribution is 2.37. The Morgan fingerprint density at radius 1 is 1.03 bits per heavy atom. The van der Waals surface area contributed by atoms with E-state index in [1.807, 2.05) is 25.0 Å². The van der Waals surface area contributed by atoms with Crippen molar-refractivity contribution in [1.82, 2.24) is 16.0 Å². The third kappa shape index (κ3) is 21.4. The van der Waals surface area contributed by atoms with Crippen LogP contribution in [0.1, 0.15) is 104 Å². The summed E-state index contributed by atoms with van der Waals surface area (Å²) >= 11 is 1.75. The van der Waals surface area contributed by atoms with Crippen LogP contribution in [0.5, 0.6) is 5.75 Å². The summed E-state index contributed by atoms with van der Waals surface area (Å²) in [6.45, 7) is 11.9. The SMILES string of the molecule is C=O.CCCNc1cc(OC2CCC(NCNC3CC(C(C)F)CC(NC(=O)CCCCN=C(N)N)C3SCCN)CC2CCCN)cc(C(C)(C)F)c1.F.O.O.[OH]. The van der Waals surface area contributed by atoms with Crippen LogP contribution < -0.4 is 48.9 Å². The molecule has 341 valence electrons. The molecule has 0 heterocycles. The first kappa shape index (κ1) is 59.4. The molecule has 15 nitrogen and oxygen atoms in total. The topological polar surface area (TPSA) is 301 Å². The summed E-state index contributed by atoms with van der Waals surface area (Å²) in [5.74, 6) is 1.60. The smallest absolute Gasteiger partial charge is 0.220 e. The van der Waals surface area contributed by atoms with E-state index in [9.17, 15) is 9.18 Å². The van der Waals surface area contributed by atoms with Crippen LogP contribution in [0.15, 0.2) is 23.2 Å². The van der Waals surface area contributed by atoms with E-state index in [1.165, 1.54) is 0 Å². The lowest BCUT2D eigenvalue weighted by atomic mass is 9.79. The number of carbonyl (C=O) groups excluding carboxylic acids is 2. The number of guanidine groups is 1. The maximum Gasteiger partial charge on any atom is 0.220 e. The number of hydrogen-bond acceptors (Lipinski definition) is 10. The van der Waals surface area contributed by atoms with Crippen LogP contribution in [0, 0.1) is 11.8 Å². The summed E-state index contributed by atoms with van der Waals surface area (Å²) < 4.78 is 36.6. The fourth-order valence-corrected chi connectivity index (χ4v) is 8.74. The summed E-state index contributed by atoms with van der Waals surface area (Å²) in [7, 11) is 0. The van der Waals surface area contributed by atoms with Crippen LogP contribution in [0.2, 0.25) is 0 Å². The third-order valence-electron chi connectivity index (χ3n) is 10.3. The number of alkyl halides is 2. The monoisotopic (exact) mass is 857 g/mol. The van der Waals surface area contributed by atoms with Crippen LogP contribution in [-0.4, -0.2) is 109 Å². The van der Waals surface area contributed by atoms with Gasteiger partial charge in [-0.2, -0.15) is 11.8 Å². The van der Waals surface area contributed by atoms with E-state index in [4.69, 9.17) is 32.5 Å². The van der Waals surface area contributed by atoms with Crippen molar-refractivity contribution < 1.29 is 44.2 Å². The van der Waals surface area contributed by atoms with Gasteiger partial charge in [0, 0.05) is 73.6 Å². The summed E-state index contributed by atoms with van der Waals surface area (Å²) in [5, 5.41) is 14.2. The van der Waals surface area contributed by atoms with E-state index in [-0.39, 0.29) is 68.4 Å². The first-order chi connectivity index (χ1) is 25.8. The van der Waals surface area contributed by atoms with Crippen molar-refractivity contribution >= 4 is 36.1 Å². The molecule has 17 N–H and O–H groups in total. The molecule has 2 saturated carbocycles. The molecule has 0 spiro atoms. The lowest BCUT2D eigenvalue weighted by Gasteiger charge is -2.43. The molecule has 2 aliphatic carbocycles. The number of hydrogen-bond donors (Lipinski definition) is 9. The van der Waals surface area contributed by atoms with Gasteiger partial charge in [0.25, 0.3) is 0 Å². The Kier molecular flexibility index (Phi) is 32.7. The molecule has 8 atom stereocenters. The van der Waals surface area contributed by atoms with E-state index in [2.05, 4.69) is 33.2 Å². The Labute approximate surface area is 348 Å². The summed E-state index contributed by atoms with van der Waals surface area (Å²) in [5.41, 5.74) is 22.7. The van der Waals surface area contributed by atoms with Crippen molar-refractivity contribution in [3.05, 3.63) is 23.8 Å². The number of anilines is 1. The van der Waals surface area contributed by atoms with Gasteiger partial charge < -0.3 is 64.7 Å². The first-order valence-electron chi connectivity index (χ1n) is 19.9. The number of nitrogens with two attached hydrogens (primary N) is 4. The normalized spacial score (nSPS) is 23.1. The van der Waals surface area contributed by atoms with Gasteiger partial charge in [-0.05, 0) is 121 Å². The Bertz CT molecular complexity index is 1250. The molecule has 0 aliphatic heterocycles. The molecule has 1 aromatic rings. The zero-order chi connectivity index (χ0) is 40.1. The maximum absolute atomic E-state index is 15.1. The maximum atomic E-state index is 15.1. The average Bonchev–Trinajstić information content (AvgIpc) is 3.13. The molecule has 0 aromatic heterocycles. The second kappa shape index (κ2) is 31.9. The molecular formula is C39H77F3N9O6S. The van der Waals surface area contributed by atoms with Crippen LogP contribution in [0.4, 0.5) is 19.2 Å². The van der Waals surface area contributed by atoms with E-state index in [1.54, 1.807) is 32.5 Å². The van der Waals surface area contributed by atoms with Gasteiger partial charge in [-0.3, -0.25) is 20.0 Å². The number of thioether (sulfide) groups is 1. The lowest BCUT2D eigenvalue weighted by Crippen LogP contribution is -2.58. The summed E-state index contributed by atoms with van der Waals surface area (Å²) in [6, 6.07) is 5.81. The van der Waals surface area contributed by atoms with Crippen molar-refractivity contribution in [2.75, 3.05) is 43.9 Å². The summed E-state index contributed by atoms with van der Waals surface area (Å²) in [4.78, 5) is 25.0. The summed E-state index contributed by atoms with van der Waals surface area (Å²) in [6.07, 6.45) is 7.63. The minimum absolute atomic E-state index is 0. The Balaban J connectivity index is -0.00000496. The Hall–Kier alpha value is -2.91. The van der Waals surface area contributed by atoms with Crippen molar-refractivity contribution in [3.63, 3.8) is 0 Å². The van der Waals surface area contributed by atoms with Crippen LogP contribution in [0.25, 0.3) is 0 Å². The molecule has 8 unspecified atom stereocenters. The van der Waals surface area contributed by atoms with Crippen LogP contribution >= 0.6 is 11.8 Å². The lowest BCUT2D eigenvalue weighted by molar-refractivity contribution is -0.122. The number of ether oxygens (including phenoxy) is 1. The second-order valence-electron chi connectivity index (χ2n) is 15.2. The van der Waals surface area contributed by atoms with Gasteiger partial charge >= 0.3 is 0 Å². The molecule has 2 aliphatic rings. The van der Waals surface area contributed by atoms with Gasteiger partial charge in [0.15, 0.2) is 5.96 Å². The van der Waals surface area contributed by atoms with Crippen LogP contribution in [-0.2, 0) is 15.3 Å². The number of carbonyl (C=O) groups is 2. The molecule has 0 saturated heterocycles. The number of nitrogens with one attached hydrogen (secondary N) is 4. The third-order valence-corrected chi connectivity index (χ3v) is 11.9. The Morgan fingerprint density at radius 3 is 2.33 bits per heavy atom. The van der Waals surface area contributed by atoms with Gasteiger partial charge in [-0.15, -0.1) is 0 Å². The average molecular weight is 857 g/mol. The van der Waals surface area contributed by atoms with Gasteiger partial charge in [-0.25, -0.2) is 8.78 Å². The number of aliphatic imine (C=N–C) groups is 1. The van der Waals surface area contributed by atoms with Crippen molar-refractivity contribution in [1.29, 1.82) is 0 Å². The minimum atomic E-state index is -1.49. The quantitative estimate of drug-likeness (QED) is 0.0334. The highest BCUT2D eigenvalue weighted by atomic mass is 32.2. The highest BCUT2D eigenvalue weighted by Gasteiger charge is 2.41. The number of amides is 1. The molecule has 1 radical (unpaired) electrons. The fourth-order valence-electron chi connectivity index (χ4n) is 7.49. The number of rotatable bonds is 23. The Morgan fingerprint density at radius 2 is 1.72 bits per heavy atom. The van der Waals surface area contributed by atoms with Crippen LogP contribution in [0.3, 0.4) is 0 Å². The second-order valence-corrected chi connectivity index (χ2v) is 16.5. The predicted molar refractivity (Wildman–Crippen MR) is 232 cm³/mol. The van der Waals surface area contributed by atoms with E-state index < -0.39 is 11.8 Å². The molecule has 2 fully saturated rings. The number of halogens is 3. The first-order valence-corrected chi connectivity index (χ1v) is 20.9. The predicted octanol–water partition coefficient (Wildman–Crippen LogP) is 2.77. The number of benzene rings is 1. The van der Waals surface area contributed by atoms with Crippen molar-refractivity contribution in [2.45, 2.75) is 140 Å². The van der Waals surface area contributed by atoms with E-state index >= 15 is 4.39 Å². The number of unbranched alkanes of at least 4 members (excludes halogenated alkanes) is 1. The standard InChI is InChI=1S/C38H69F2N9O2S.CH2O.FH.2H2O.HO/c1-5-15-45-30-21-28(38(3,4)40)22-31(23-30)51-34-12-11-29(18-26(34)9-8-13-41)47-24-48-32-19-27(25(2)39)20-33(36(32)52-17-14-42)49-35(50)10-6-7-16-46-37(43)44;1-2;;;;/h21-23,25-27,29,32-34,36,45,47-48H,5-20,24,41-42H2,1-4H3,(H,49,50)(H4,43,44,46);1H2;1H;2*1H2;1H. The van der Waals surface area contributed by atoms with E-state index in [0.717, 1.165) is 56.5 Å². The fraction of sp³-hybridized carbons (Fsp3) is 0.769. The zero-order valence-corrected chi connectivity index (χ0v) is 35.9. The zero-order valence-electron chi connectivity index (χ0n) is 35.1. The highest BCUT2D eigenvalue weighted by molar-refractivity contribution is 8.00. The van der Waals surface area contributed by atoms with Gasteiger partial charge in [0.2, 0.25) is 5.91 Å². The molecule has 1 amide bonds. The minimum Gasteiger partial charge on any atom is -0.490 e. The molecule has 3 rings (SSSR count). The molecule has 58 heavy (non-hydrogen) atoms. The number of nitrogens with zero attached hydrogens (tertiary/aromatic N) is 1. The van der Waals surface area contributed by atoms with Gasteiger partial charge in [0.05, 0.1) is 0 Å². The molecule has 1 aromatic carbocycles. The van der Waals surface area contributed by atoms with E-state index in [0.29, 0.717) is 75.6 Å².